The average molecular weight is 401 g/mol. The van der Waals surface area contributed by atoms with Crippen molar-refractivity contribution in [2.75, 3.05) is 11.6 Å². The number of imidazole rings is 1. The highest BCUT2D eigenvalue weighted by atomic mass is 32.2. The summed E-state index contributed by atoms with van der Waals surface area (Å²) in [6.45, 7) is 2.23. The van der Waals surface area contributed by atoms with Gasteiger partial charge in [-0.2, -0.15) is 0 Å². The Hall–Kier alpha value is -2.85. The number of hydrogen-bond donors (Lipinski definition) is 3. The van der Waals surface area contributed by atoms with E-state index in [9.17, 15) is 19.5 Å². The molecule has 1 aromatic heterocycles. The number of nitrogens with zero attached hydrogens (tertiary/aromatic N) is 3. The zero-order valence-corrected chi connectivity index (χ0v) is 15.9. The Labute approximate surface area is 164 Å². The third-order valence-electron chi connectivity index (χ3n) is 4.73. The molecule has 4 N–H and O–H groups in total. The third kappa shape index (κ3) is 3.36. The summed E-state index contributed by atoms with van der Waals surface area (Å²) >= 11 is 1.38. The van der Waals surface area contributed by atoms with Crippen LogP contribution in [0.15, 0.2) is 29.6 Å². The lowest BCUT2D eigenvalue weighted by atomic mass is 10.0. The number of nitrogens with two attached hydrogens (primary N) is 1. The molecule has 0 saturated heterocycles. The summed E-state index contributed by atoms with van der Waals surface area (Å²) in [4.78, 5) is 39.3. The van der Waals surface area contributed by atoms with Crippen LogP contribution in [0.5, 0.6) is 0 Å². The number of aromatic nitrogens is 2. The lowest BCUT2D eigenvalue weighted by molar-refractivity contribution is 0.0690. The second-order valence-corrected chi connectivity index (χ2v) is 7.92. The minimum atomic E-state index is -1.12. The maximum Gasteiger partial charge on any atom is 0.356 e. The van der Waals surface area contributed by atoms with Gasteiger partial charge in [0.05, 0.1) is 11.9 Å². The number of carboxylic acids is 1. The largest absolute Gasteiger partial charge is 0.476 e. The Morgan fingerprint density at radius 2 is 2.11 bits per heavy atom. The highest BCUT2D eigenvalue weighted by Crippen LogP contribution is 2.39. The van der Waals surface area contributed by atoms with Gasteiger partial charge in [-0.25, -0.2) is 14.5 Å². The first kappa shape index (κ1) is 18.5. The highest BCUT2D eigenvalue weighted by molar-refractivity contribution is 8.00. The summed E-state index contributed by atoms with van der Waals surface area (Å²) in [5.41, 5.74) is 6.13. The van der Waals surface area contributed by atoms with Gasteiger partial charge < -0.3 is 10.8 Å². The van der Waals surface area contributed by atoms with E-state index in [4.69, 9.17) is 5.73 Å². The predicted molar refractivity (Wildman–Crippen MR) is 102 cm³/mol. The van der Waals surface area contributed by atoms with Crippen molar-refractivity contribution < 1.29 is 19.5 Å². The lowest BCUT2D eigenvalue weighted by Crippen LogP contribution is -2.44. The molecule has 1 fully saturated rings. The van der Waals surface area contributed by atoms with Gasteiger partial charge in [0.15, 0.2) is 22.1 Å². The van der Waals surface area contributed by atoms with Crippen LogP contribution in [0.3, 0.4) is 0 Å². The second kappa shape index (κ2) is 6.95. The molecule has 2 heterocycles. The number of ketones is 1. The number of Topliss-reactive ketones (excluding diaryl/α,β-unsaturated/α-hetero) is 1. The maximum absolute atomic E-state index is 12.3. The Balaban J connectivity index is 1.78. The van der Waals surface area contributed by atoms with Crippen LogP contribution in [-0.4, -0.2) is 44.5 Å². The fourth-order valence-corrected chi connectivity index (χ4v) is 4.18. The van der Waals surface area contributed by atoms with Gasteiger partial charge in [-0.05, 0) is 55.6 Å². The number of anilines is 1. The summed E-state index contributed by atoms with van der Waals surface area (Å²) in [6, 6.07) is 4.67. The van der Waals surface area contributed by atoms with Crippen molar-refractivity contribution >= 4 is 35.1 Å². The number of thioether (sulfide) groups is 1. The number of amides is 1. The molecule has 2 aromatic rings. The molecule has 2 aliphatic rings. The van der Waals surface area contributed by atoms with Crippen LogP contribution in [0, 0.1) is 5.92 Å². The Kier molecular flexibility index (Phi) is 4.60. The number of hydrogen-bond acceptors (Lipinski definition) is 7. The average Bonchev–Trinajstić information content (AvgIpc) is 3.28. The molecule has 1 aromatic carbocycles. The van der Waals surface area contributed by atoms with Crippen LogP contribution >= 0.6 is 11.8 Å². The number of carbonyl (C=O) groups excluding carboxylic acids is 2. The number of rotatable bonds is 7. The minimum Gasteiger partial charge on any atom is -0.476 e. The molecule has 1 atom stereocenters. The normalized spacial score (nSPS) is 18.2. The standard InChI is InChI=1S/C18H19N5O4S/c1-9(24)12-6-11(15(19)25)4-5-14(12)23-17(20-7-10-2-3-10)28-18-21-13(16(26)27)8-22(18)23/h4-6,8,10,17,20H,2-3,7H2,1H3,(H2,19,25)(H,26,27). The Morgan fingerprint density at radius 1 is 1.36 bits per heavy atom. The minimum absolute atomic E-state index is 0.0775. The molecule has 0 bridgehead atoms. The van der Waals surface area contributed by atoms with Crippen LogP contribution in [0.2, 0.25) is 0 Å². The first-order valence-corrected chi connectivity index (χ1v) is 9.70. The quantitative estimate of drug-likeness (QED) is 0.596. The molecule has 146 valence electrons. The molecule has 28 heavy (non-hydrogen) atoms. The number of carboxylic acid groups (broad SMARTS) is 1. The van der Waals surface area contributed by atoms with E-state index in [1.54, 1.807) is 21.8 Å². The van der Waals surface area contributed by atoms with E-state index in [0.29, 0.717) is 22.3 Å². The zero-order valence-electron chi connectivity index (χ0n) is 15.1. The topological polar surface area (TPSA) is 131 Å². The molecule has 1 aliphatic carbocycles. The van der Waals surface area contributed by atoms with E-state index in [2.05, 4.69) is 10.3 Å². The van der Waals surface area contributed by atoms with E-state index in [-0.39, 0.29) is 22.5 Å². The van der Waals surface area contributed by atoms with Crippen molar-refractivity contribution in [1.82, 2.24) is 15.0 Å². The molecule has 0 radical (unpaired) electrons. The molecular formula is C18H19N5O4S. The van der Waals surface area contributed by atoms with Crippen molar-refractivity contribution in [3.63, 3.8) is 0 Å². The number of benzene rings is 1. The third-order valence-corrected chi connectivity index (χ3v) is 5.81. The molecule has 4 rings (SSSR count). The first-order chi connectivity index (χ1) is 13.3. The summed E-state index contributed by atoms with van der Waals surface area (Å²) in [5.74, 6) is -1.34. The van der Waals surface area contributed by atoms with Crippen LogP contribution in [-0.2, 0) is 0 Å². The van der Waals surface area contributed by atoms with Crippen molar-refractivity contribution in [3.8, 4) is 0 Å². The molecule has 9 nitrogen and oxygen atoms in total. The summed E-state index contributed by atoms with van der Waals surface area (Å²) in [5, 5.41) is 15.0. The van der Waals surface area contributed by atoms with E-state index in [0.717, 1.165) is 6.54 Å². The van der Waals surface area contributed by atoms with Crippen molar-refractivity contribution in [2.24, 2.45) is 11.7 Å². The van der Waals surface area contributed by atoms with Crippen LogP contribution < -0.4 is 16.1 Å². The van der Waals surface area contributed by atoms with Gasteiger partial charge in [-0.3, -0.25) is 19.9 Å². The van der Waals surface area contributed by atoms with Crippen molar-refractivity contribution in [3.05, 3.63) is 41.2 Å². The monoisotopic (exact) mass is 401 g/mol. The van der Waals surface area contributed by atoms with E-state index < -0.39 is 11.9 Å². The summed E-state index contributed by atoms with van der Waals surface area (Å²) in [7, 11) is 0. The fraction of sp³-hybridized carbons (Fsp3) is 0.333. The Morgan fingerprint density at radius 3 is 2.71 bits per heavy atom. The summed E-state index contributed by atoms with van der Waals surface area (Å²) < 4.78 is 1.63. The number of nitrogens with one attached hydrogen (secondary N) is 1. The molecule has 1 unspecified atom stereocenters. The maximum atomic E-state index is 12.3. The van der Waals surface area contributed by atoms with Gasteiger partial charge in [0, 0.05) is 17.7 Å². The summed E-state index contributed by atoms with van der Waals surface area (Å²) in [6.07, 6.45) is 3.80. The SMILES string of the molecule is CC(=O)c1cc(C(N)=O)ccc1N1C(NCC2CC2)Sc2nc(C(=O)O)cn21. The Bertz CT molecular complexity index is 984. The predicted octanol–water partition coefficient (Wildman–Crippen LogP) is 1.54. The van der Waals surface area contributed by atoms with Crippen molar-refractivity contribution in [1.29, 1.82) is 0 Å². The van der Waals surface area contributed by atoms with Crippen LogP contribution in [0.1, 0.15) is 51.0 Å². The fourth-order valence-electron chi connectivity index (χ4n) is 3.09. The van der Waals surface area contributed by atoms with Gasteiger partial charge >= 0.3 is 5.97 Å². The van der Waals surface area contributed by atoms with Crippen LogP contribution in [0.25, 0.3) is 0 Å². The van der Waals surface area contributed by atoms with Crippen molar-refractivity contribution in [2.45, 2.75) is 30.4 Å². The molecule has 1 saturated carbocycles. The molecule has 10 heteroatoms. The van der Waals surface area contributed by atoms with Gasteiger partial charge in [-0.15, -0.1) is 0 Å². The smallest absolute Gasteiger partial charge is 0.356 e. The van der Waals surface area contributed by atoms with E-state index >= 15 is 0 Å². The van der Waals surface area contributed by atoms with Crippen LogP contribution in [0.4, 0.5) is 5.69 Å². The van der Waals surface area contributed by atoms with Gasteiger partial charge in [0.1, 0.15) is 0 Å². The molecule has 1 amide bonds. The number of carbonyl (C=O) groups is 3. The lowest BCUT2D eigenvalue weighted by Gasteiger charge is -2.29. The van der Waals surface area contributed by atoms with Gasteiger partial charge in [0.2, 0.25) is 5.91 Å². The second-order valence-electron chi connectivity index (χ2n) is 6.88. The van der Waals surface area contributed by atoms with E-state index in [1.165, 1.54) is 43.8 Å². The number of aromatic carboxylic acids is 1. The van der Waals surface area contributed by atoms with Gasteiger partial charge in [0.25, 0.3) is 0 Å². The molecule has 1 aliphatic heterocycles. The van der Waals surface area contributed by atoms with E-state index in [1.807, 2.05) is 0 Å². The van der Waals surface area contributed by atoms with Gasteiger partial charge in [-0.1, -0.05) is 0 Å². The highest BCUT2D eigenvalue weighted by Gasteiger charge is 2.36. The molecule has 0 spiro atoms. The molecular weight excluding hydrogens is 382 g/mol. The zero-order chi connectivity index (χ0) is 20.0. The first-order valence-electron chi connectivity index (χ1n) is 8.82. The number of fused-ring (bicyclic) bond motifs is 1. The number of primary amides is 1.